The quantitative estimate of drug-likeness (QED) is 0.337. The van der Waals surface area contributed by atoms with Gasteiger partial charge in [0.1, 0.15) is 17.9 Å². The number of anilines is 2. The molecule has 7 nitrogen and oxygen atoms in total. The monoisotopic (exact) mass is 504 g/mol. The summed E-state index contributed by atoms with van der Waals surface area (Å²) in [5, 5.41) is 10.7. The molecule has 34 heavy (non-hydrogen) atoms. The Balaban J connectivity index is 1.31. The predicted octanol–water partition coefficient (Wildman–Crippen LogP) is 5.09. The molecule has 1 saturated heterocycles. The molecule has 9 heteroatoms. The number of halogens is 2. The van der Waals surface area contributed by atoms with E-state index < -0.39 is 0 Å². The Morgan fingerprint density at radius 3 is 2.41 bits per heavy atom. The average molecular weight is 505 g/mol. The van der Waals surface area contributed by atoms with Crippen molar-refractivity contribution >= 4 is 45.5 Å². The first kappa shape index (κ1) is 24.8. The van der Waals surface area contributed by atoms with E-state index in [-0.39, 0.29) is 0 Å². The fraction of sp³-hybridized carbons (Fsp3) is 0.440. The van der Waals surface area contributed by atoms with Crippen LogP contribution in [-0.2, 0) is 9.47 Å². The van der Waals surface area contributed by atoms with Gasteiger partial charge in [0.2, 0.25) is 0 Å². The Hall–Kier alpha value is -2.32. The highest BCUT2D eigenvalue weighted by Gasteiger charge is 2.21. The fourth-order valence-electron chi connectivity index (χ4n) is 3.99. The van der Waals surface area contributed by atoms with Crippen LogP contribution in [0, 0.1) is 0 Å². The summed E-state index contributed by atoms with van der Waals surface area (Å²) in [4.78, 5) is 4.65. The molecule has 0 unspecified atom stereocenters. The zero-order valence-corrected chi connectivity index (χ0v) is 20.9. The smallest absolute Gasteiger partial charge is 0.122 e. The molecule has 1 aromatic heterocycles. The van der Waals surface area contributed by atoms with Gasteiger partial charge in [-0.1, -0.05) is 42.3 Å². The van der Waals surface area contributed by atoms with Crippen molar-refractivity contribution < 1.29 is 14.2 Å². The van der Waals surface area contributed by atoms with E-state index >= 15 is 0 Å². The molecular formula is C25H30Cl2N4O3. The number of aromatic nitrogens is 2. The highest BCUT2D eigenvalue weighted by atomic mass is 35.5. The van der Waals surface area contributed by atoms with Crippen molar-refractivity contribution in [1.82, 2.24) is 10.2 Å². The minimum atomic E-state index is 0.464. The molecule has 2 heterocycles. The minimum absolute atomic E-state index is 0.464. The predicted molar refractivity (Wildman–Crippen MR) is 138 cm³/mol. The number of benzene rings is 2. The molecule has 0 aliphatic carbocycles. The third kappa shape index (κ3) is 6.42. The Labute approximate surface area is 210 Å². The molecule has 2 aromatic carbocycles. The van der Waals surface area contributed by atoms with Crippen molar-refractivity contribution in [2.24, 2.45) is 0 Å². The van der Waals surface area contributed by atoms with Crippen molar-refractivity contribution in [2.75, 3.05) is 69.0 Å². The lowest BCUT2D eigenvalue weighted by molar-refractivity contribution is 0.0366. The molecule has 182 valence electrons. The summed E-state index contributed by atoms with van der Waals surface area (Å²) in [5.74, 6) is 0.745. The molecule has 0 atom stereocenters. The maximum atomic E-state index is 6.39. The van der Waals surface area contributed by atoms with Gasteiger partial charge in [0, 0.05) is 54.9 Å². The van der Waals surface area contributed by atoms with Crippen molar-refractivity contribution in [2.45, 2.75) is 13.3 Å². The van der Waals surface area contributed by atoms with E-state index in [1.165, 1.54) is 0 Å². The van der Waals surface area contributed by atoms with Crippen LogP contribution in [0.2, 0.25) is 10.0 Å². The van der Waals surface area contributed by atoms with Gasteiger partial charge in [0.15, 0.2) is 0 Å². The van der Waals surface area contributed by atoms with Crippen LogP contribution in [0.25, 0.3) is 10.9 Å². The van der Waals surface area contributed by atoms with Gasteiger partial charge < -0.3 is 24.0 Å². The number of hydrogen-bond donors (Lipinski definition) is 0. The first-order chi connectivity index (χ1) is 16.7. The molecule has 0 amide bonds. The van der Waals surface area contributed by atoms with Gasteiger partial charge in [0.05, 0.1) is 36.7 Å². The van der Waals surface area contributed by atoms with Crippen molar-refractivity contribution in [3.05, 3.63) is 52.6 Å². The maximum Gasteiger partial charge on any atom is 0.122 e. The standard InChI is InChI=1S/C25H30Cl2N4O3/c1-2-10-32-11-12-33-13-14-34-21-16-19(26)15-20(17-21)30-6-8-31(9-7-30)24-18-28-29-25-22(24)4-3-5-23(25)27/h3-5,15-18H,2,6-14H2,1H3. The zero-order chi connectivity index (χ0) is 23.8. The van der Waals surface area contributed by atoms with Crippen LogP contribution in [0.4, 0.5) is 11.4 Å². The van der Waals surface area contributed by atoms with E-state index in [0.29, 0.717) is 36.5 Å². The van der Waals surface area contributed by atoms with Crippen LogP contribution in [0.15, 0.2) is 42.6 Å². The largest absolute Gasteiger partial charge is 0.491 e. The van der Waals surface area contributed by atoms with E-state index in [1.54, 1.807) is 0 Å². The molecule has 0 bridgehead atoms. The van der Waals surface area contributed by atoms with Gasteiger partial charge in [-0.3, -0.25) is 0 Å². The molecule has 3 aromatic rings. The Morgan fingerprint density at radius 2 is 1.62 bits per heavy atom. The molecule has 1 fully saturated rings. The summed E-state index contributed by atoms with van der Waals surface area (Å²) in [6.07, 6.45) is 2.83. The summed E-state index contributed by atoms with van der Waals surface area (Å²) in [5.41, 5.74) is 2.84. The summed E-state index contributed by atoms with van der Waals surface area (Å²) >= 11 is 12.7. The number of ether oxygens (including phenoxy) is 3. The normalized spacial score (nSPS) is 14.1. The van der Waals surface area contributed by atoms with E-state index in [9.17, 15) is 0 Å². The molecule has 4 rings (SSSR count). The van der Waals surface area contributed by atoms with Gasteiger partial charge in [-0.15, -0.1) is 5.10 Å². The average Bonchev–Trinajstić information content (AvgIpc) is 2.85. The number of fused-ring (bicyclic) bond motifs is 1. The van der Waals surface area contributed by atoms with E-state index in [0.717, 1.165) is 67.2 Å². The van der Waals surface area contributed by atoms with Gasteiger partial charge in [-0.25, -0.2) is 0 Å². The lowest BCUT2D eigenvalue weighted by Gasteiger charge is -2.37. The molecule has 1 aliphatic heterocycles. The highest BCUT2D eigenvalue weighted by Crippen LogP contribution is 2.31. The molecule has 0 radical (unpaired) electrons. The van der Waals surface area contributed by atoms with Crippen molar-refractivity contribution in [3.8, 4) is 5.75 Å². The molecular weight excluding hydrogens is 475 g/mol. The summed E-state index contributed by atoms with van der Waals surface area (Å²) in [6.45, 7) is 8.42. The second kappa shape index (κ2) is 12.4. The van der Waals surface area contributed by atoms with Crippen LogP contribution >= 0.6 is 23.2 Å². The fourth-order valence-corrected chi connectivity index (χ4v) is 4.42. The van der Waals surface area contributed by atoms with Crippen LogP contribution in [0.5, 0.6) is 5.75 Å². The second-order valence-electron chi connectivity index (χ2n) is 8.06. The van der Waals surface area contributed by atoms with Crippen LogP contribution < -0.4 is 14.5 Å². The SMILES string of the molecule is CCCOCCOCCOc1cc(Cl)cc(N2CCN(c3cnnc4c(Cl)cccc34)CC2)c1. The first-order valence-electron chi connectivity index (χ1n) is 11.6. The van der Waals surface area contributed by atoms with Crippen LogP contribution in [0.1, 0.15) is 13.3 Å². The van der Waals surface area contributed by atoms with Gasteiger partial charge in [0.25, 0.3) is 0 Å². The van der Waals surface area contributed by atoms with Gasteiger partial charge in [-0.05, 0) is 24.6 Å². The van der Waals surface area contributed by atoms with E-state index in [1.807, 2.05) is 42.6 Å². The Bertz CT molecular complexity index is 1080. The van der Waals surface area contributed by atoms with E-state index in [4.69, 9.17) is 37.4 Å². The summed E-state index contributed by atoms with van der Waals surface area (Å²) < 4.78 is 16.8. The zero-order valence-electron chi connectivity index (χ0n) is 19.4. The highest BCUT2D eigenvalue weighted by molar-refractivity contribution is 6.35. The number of nitrogens with zero attached hydrogens (tertiary/aromatic N) is 4. The number of piperazine rings is 1. The first-order valence-corrected chi connectivity index (χ1v) is 12.4. The van der Waals surface area contributed by atoms with Gasteiger partial charge in [-0.2, -0.15) is 5.10 Å². The second-order valence-corrected chi connectivity index (χ2v) is 8.90. The lowest BCUT2D eigenvalue weighted by Crippen LogP contribution is -2.46. The summed E-state index contributed by atoms with van der Waals surface area (Å²) in [7, 11) is 0. The molecule has 0 spiro atoms. The van der Waals surface area contributed by atoms with E-state index in [2.05, 4.69) is 26.9 Å². The number of hydrogen-bond acceptors (Lipinski definition) is 7. The number of rotatable bonds is 11. The minimum Gasteiger partial charge on any atom is -0.491 e. The molecule has 0 N–H and O–H groups in total. The summed E-state index contributed by atoms with van der Waals surface area (Å²) in [6, 6.07) is 11.7. The third-order valence-electron chi connectivity index (χ3n) is 5.66. The Kier molecular flexibility index (Phi) is 9.04. The van der Waals surface area contributed by atoms with Gasteiger partial charge >= 0.3 is 0 Å². The van der Waals surface area contributed by atoms with Crippen molar-refractivity contribution in [1.29, 1.82) is 0 Å². The van der Waals surface area contributed by atoms with Crippen LogP contribution in [0.3, 0.4) is 0 Å². The molecule has 0 saturated carbocycles. The lowest BCUT2D eigenvalue weighted by atomic mass is 10.1. The van der Waals surface area contributed by atoms with Crippen molar-refractivity contribution in [3.63, 3.8) is 0 Å². The third-order valence-corrected chi connectivity index (χ3v) is 6.18. The Morgan fingerprint density at radius 1 is 0.882 bits per heavy atom. The maximum absolute atomic E-state index is 6.39. The van der Waals surface area contributed by atoms with Crippen LogP contribution in [-0.4, -0.2) is 69.4 Å². The topological polar surface area (TPSA) is 60.0 Å². The molecule has 1 aliphatic rings.